The molecular weight excluding hydrogens is 314 g/mol. The molecule has 2 heterocycles. The van der Waals surface area contributed by atoms with E-state index in [2.05, 4.69) is 16.0 Å². The van der Waals surface area contributed by atoms with Crippen LogP contribution in [0.1, 0.15) is 10.4 Å². The summed E-state index contributed by atoms with van der Waals surface area (Å²) in [6, 6.07) is 5.57. The zero-order valence-corrected chi connectivity index (χ0v) is 13.3. The highest BCUT2D eigenvalue weighted by Crippen LogP contribution is 2.18. The highest BCUT2D eigenvalue weighted by atomic mass is 16.4. The summed E-state index contributed by atoms with van der Waals surface area (Å²) in [7, 11) is 3.12. The molecule has 2 aliphatic heterocycles. The number of urea groups is 1. The Bertz CT molecular complexity index is 677. The number of carbonyl (C=O) groups excluding carboxylic acids is 2. The van der Waals surface area contributed by atoms with E-state index < -0.39 is 12.0 Å². The molecule has 3 rings (SSSR count). The van der Waals surface area contributed by atoms with Gasteiger partial charge in [-0.05, 0) is 24.3 Å². The molecule has 9 nitrogen and oxygen atoms in total. The number of carboxylic acid groups (broad SMARTS) is 1. The van der Waals surface area contributed by atoms with Crippen LogP contribution < -0.4 is 16.0 Å². The van der Waals surface area contributed by atoms with Gasteiger partial charge < -0.3 is 15.3 Å². The Balaban J connectivity index is 1.61. The van der Waals surface area contributed by atoms with Gasteiger partial charge in [0, 0.05) is 26.3 Å². The number of hydrogen-bond donors (Lipinski definition) is 4. The van der Waals surface area contributed by atoms with Gasteiger partial charge in [-0.1, -0.05) is 0 Å². The quantitative estimate of drug-likeness (QED) is 0.589. The van der Waals surface area contributed by atoms with E-state index in [4.69, 9.17) is 5.11 Å². The van der Waals surface area contributed by atoms with Crippen molar-refractivity contribution >= 4 is 23.6 Å². The lowest BCUT2D eigenvalue weighted by atomic mass is 10.1. The van der Waals surface area contributed by atoms with E-state index in [1.54, 1.807) is 19.2 Å². The van der Waals surface area contributed by atoms with E-state index in [1.165, 1.54) is 24.1 Å². The first kappa shape index (κ1) is 16.2. The van der Waals surface area contributed by atoms with E-state index in [0.29, 0.717) is 6.54 Å². The molecule has 0 spiro atoms. The Morgan fingerprint density at radius 1 is 1.21 bits per heavy atom. The normalized spacial score (nSPS) is 26.5. The molecule has 0 aromatic heterocycles. The second kappa shape index (κ2) is 6.10. The van der Waals surface area contributed by atoms with Crippen molar-refractivity contribution in [3.05, 3.63) is 29.8 Å². The number of carbonyl (C=O) groups is 3. The van der Waals surface area contributed by atoms with Gasteiger partial charge in [-0.15, -0.1) is 0 Å². The van der Waals surface area contributed by atoms with Crippen LogP contribution in [0.3, 0.4) is 0 Å². The average molecular weight is 333 g/mol. The van der Waals surface area contributed by atoms with Gasteiger partial charge in [0.25, 0.3) is 5.91 Å². The molecule has 2 fully saturated rings. The molecule has 2 saturated heterocycles. The van der Waals surface area contributed by atoms with Gasteiger partial charge in [-0.2, -0.15) is 0 Å². The summed E-state index contributed by atoms with van der Waals surface area (Å²) < 4.78 is 0. The molecule has 128 valence electrons. The fraction of sp³-hybridized carbons (Fsp3) is 0.400. The molecule has 3 amide bonds. The lowest BCUT2D eigenvalue weighted by molar-refractivity contribution is -0.133. The molecular formula is C15H19N5O4. The van der Waals surface area contributed by atoms with Crippen LogP contribution in [0.5, 0.6) is 0 Å². The Morgan fingerprint density at radius 2 is 1.88 bits per heavy atom. The van der Waals surface area contributed by atoms with Crippen molar-refractivity contribution in [2.75, 3.05) is 26.0 Å². The molecule has 0 bridgehead atoms. The number of likely N-dealkylation sites (N-methyl/N-ethyl adjacent to an activating group) is 2. The molecule has 0 aliphatic carbocycles. The predicted octanol–water partition coefficient (Wildman–Crippen LogP) is -0.466. The van der Waals surface area contributed by atoms with Crippen molar-refractivity contribution in [1.82, 2.24) is 20.4 Å². The number of nitrogens with one attached hydrogen (secondary N) is 3. The van der Waals surface area contributed by atoms with Gasteiger partial charge in [0.15, 0.2) is 0 Å². The Hall–Kier alpha value is -2.65. The van der Waals surface area contributed by atoms with Crippen LogP contribution in [0.2, 0.25) is 0 Å². The third kappa shape index (κ3) is 2.79. The number of hydrogen-bond acceptors (Lipinski definition) is 6. The summed E-state index contributed by atoms with van der Waals surface area (Å²) in [4.78, 5) is 37.6. The van der Waals surface area contributed by atoms with Crippen molar-refractivity contribution in [1.29, 1.82) is 0 Å². The van der Waals surface area contributed by atoms with Gasteiger partial charge in [0.05, 0.1) is 11.7 Å². The molecule has 3 unspecified atom stereocenters. The first-order chi connectivity index (χ1) is 11.4. The Morgan fingerprint density at radius 3 is 2.50 bits per heavy atom. The molecule has 4 N–H and O–H groups in total. The van der Waals surface area contributed by atoms with E-state index in [0.717, 1.165) is 10.6 Å². The highest BCUT2D eigenvalue weighted by Gasteiger charge is 2.48. The Kier molecular flexibility index (Phi) is 4.12. The molecule has 24 heavy (non-hydrogen) atoms. The summed E-state index contributed by atoms with van der Waals surface area (Å²) in [5.74, 6) is -1.23. The van der Waals surface area contributed by atoms with E-state index in [-0.39, 0.29) is 29.8 Å². The molecule has 9 heteroatoms. The number of aromatic carboxylic acids is 1. The summed E-state index contributed by atoms with van der Waals surface area (Å²) in [6.45, 7) is 0.471. The SMILES string of the molecule is CN1C(=O)C2NC(CNc3ccc(C(=O)O)cc3)NC2N(C)C1=O. The van der Waals surface area contributed by atoms with Gasteiger partial charge in [0.2, 0.25) is 0 Å². The van der Waals surface area contributed by atoms with Crippen LogP contribution >= 0.6 is 0 Å². The minimum Gasteiger partial charge on any atom is -0.478 e. The Labute approximate surface area is 138 Å². The fourth-order valence-corrected chi connectivity index (χ4v) is 2.93. The smallest absolute Gasteiger partial charge is 0.335 e. The van der Waals surface area contributed by atoms with Crippen molar-refractivity contribution < 1.29 is 19.5 Å². The van der Waals surface area contributed by atoms with Gasteiger partial charge in [-0.25, -0.2) is 9.59 Å². The van der Waals surface area contributed by atoms with Crippen LogP contribution in [0.25, 0.3) is 0 Å². The maximum absolute atomic E-state index is 12.2. The number of fused-ring (bicyclic) bond motifs is 1. The lowest BCUT2D eigenvalue weighted by Crippen LogP contribution is -2.64. The van der Waals surface area contributed by atoms with Crippen molar-refractivity contribution in [2.24, 2.45) is 0 Å². The fourth-order valence-electron chi connectivity index (χ4n) is 2.93. The van der Waals surface area contributed by atoms with E-state index in [1.807, 2.05) is 0 Å². The summed E-state index contributed by atoms with van der Waals surface area (Å²) in [6.07, 6.45) is -0.591. The standard InChI is InChI=1S/C15H19N5O4/c1-19-12-11(13(21)20(2)15(19)24)17-10(18-12)7-16-9-5-3-8(4-6-9)14(22)23/h3-6,10-12,16-18H,7H2,1-2H3,(H,22,23). The second-order valence-corrected chi connectivity index (χ2v) is 5.86. The molecule has 3 atom stereocenters. The van der Waals surface area contributed by atoms with E-state index in [9.17, 15) is 14.4 Å². The van der Waals surface area contributed by atoms with Crippen LogP contribution in [0.15, 0.2) is 24.3 Å². The zero-order valence-electron chi connectivity index (χ0n) is 13.3. The third-order valence-electron chi connectivity index (χ3n) is 4.31. The first-order valence-electron chi connectivity index (χ1n) is 7.52. The maximum Gasteiger partial charge on any atom is 0.335 e. The second-order valence-electron chi connectivity index (χ2n) is 5.86. The predicted molar refractivity (Wildman–Crippen MR) is 85.5 cm³/mol. The number of imide groups is 1. The molecule has 1 aromatic rings. The van der Waals surface area contributed by atoms with Crippen LogP contribution in [-0.2, 0) is 4.79 Å². The maximum atomic E-state index is 12.2. The average Bonchev–Trinajstić information content (AvgIpc) is 3.01. The van der Waals surface area contributed by atoms with Crippen molar-refractivity contribution in [3.8, 4) is 0 Å². The van der Waals surface area contributed by atoms with Gasteiger partial charge in [0.1, 0.15) is 12.2 Å². The van der Waals surface area contributed by atoms with Gasteiger partial charge >= 0.3 is 12.0 Å². The molecule has 2 aliphatic rings. The largest absolute Gasteiger partial charge is 0.478 e. The minimum atomic E-state index is -0.972. The third-order valence-corrected chi connectivity index (χ3v) is 4.31. The topological polar surface area (TPSA) is 114 Å². The van der Waals surface area contributed by atoms with Crippen molar-refractivity contribution in [3.63, 3.8) is 0 Å². The monoisotopic (exact) mass is 333 g/mol. The minimum absolute atomic E-state index is 0.204. The van der Waals surface area contributed by atoms with Crippen LogP contribution in [-0.4, -0.2) is 71.8 Å². The van der Waals surface area contributed by atoms with Crippen LogP contribution in [0, 0.1) is 0 Å². The number of nitrogens with zero attached hydrogens (tertiary/aromatic N) is 2. The summed E-state index contributed by atoms with van der Waals surface area (Å²) in [5.41, 5.74) is 0.990. The number of rotatable bonds is 4. The van der Waals surface area contributed by atoms with E-state index >= 15 is 0 Å². The van der Waals surface area contributed by atoms with Crippen LogP contribution in [0.4, 0.5) is 10.5 Å². The number of amides is 3. The number of carboxylic acids is 1. The summed E-state index contributed by atoms with van der Waals surface area (Å²) >= 11 is 0. The highest BCUT2D eigenvalue weighted by molar-refractivity contribution is 6.00. The number of benzene rings is 1. The number of anilines is 1. The summed E-state index contributed by atoms with van der Waals surface area (Å²) in [5, 5.41) is 18.4. The van der Waals surface area contributed by atoms with Gasteiger partial charge in [-0.3, -0.25) is 20.3 Å². The lowest BCUT2D eigenvalue weighted by Gasteiger charge is -2.37. The molecule has 0 saturated carbocycles. The first-order valence-corrected chi connectivity index (χ1v) is 7.52. The molecule has 0 radical (unpaired) electrons. The zero-order chi connectivity index (χ0) is 17.4. The van der Waals surface area contributed by atoms with Crippen molar-refractivity contribution in [2.45, 2.75) is 18.4 Å². The molecule has 1 aromatic carbocycles.